The third kappa shape index (κ3) is 4.07. The quantitative estimate of drug-likeness (QED) is 0.780. The number of rotatable bonds is 4. The molecule has 2 fully saturated rings. The van der Waals surface area contributed by atoms with E-state index in [1.807, 2.05) is 12.1 Å². The summed E-state index contributed by atoms with van der Waals surface area (Å²) in [5.74, 6) is 0.817. The predicted molar refractivity (Wildman–Crippen MR) is 97.9 cm³/mol. The van der Waals surface area contributed by atoms with Crippen LogP contribution in [0.4, 0.5) is 0 Å². The van der Waals surface area contributed by atoms with E-state index in [0.717, 1.165) is 5.56 Å². The van der Waals surface area contributed by atoms with E-state index in [9.17, 15) is 16.8 Å². The van der Waals surface area contributed by atoms with E-state index in [4.69, 9.17) is 0 Å². The summed E-state index contributed by atoms with van der Waals surface area (Å²) in [5, 5.41) is 0. The van der Waals surface area contributed by atoms with E-state index in [0.29, 0.717) is 43.4 Å². The molecule has 0 saturated carbocycles. The van der Waals surface area contributed by atoms with Crippen molar-refractivity contribution in [2.24, 2.45) is 0 Å². The summed E-state index contributed by atoms with van der Waals surface area (Å²) in [6, 6.07) is 7.15. The zero-order chi connectivity index (χ0) is 18.2. The van der Waals surface area contributed by atoms with Crippen molar-refractivity contribution in [3.8, 4) is 0 Å². The zero-order valence-corrected chi connectivity index (χ0v) is 16.4. The third-order valence-electron chi connectivity index (χ3n) is 5.18. The first-order valence-electron chi connectivity index (χ1n) is 8.74. The molecular formula is C17H26N2O4S2. The molecule has 1 aromatic rings. The number of sulfone groups is 1. The first-order chi connectivity index (χ1) is 11.7. The summed E-state index contributed by atoms with van der Waals surface area (Å²) >= 11 is 0. The van der Waals surface area contributed by atoms with Gasteiger partial charge in [-0.15, -0.1) is 0 Å². The fourth-order valence-corrected chi connectivity index (χ4v) is 6.73. The minimum absolute atomic E-state index is 0.0418. The molecule has 25 heavy (non-hydrogen) atoms. The summed E-state index contributed by atoms with van der Waals surface area (Å²) in [5.41, 5.74) is 1.12. The topological polar surface area (TPSA) is 74.8 Å². The number of sulfonamides is 1. The van der Waals surface area contributed by atoms with Crippen LogP contribution in [0, 0.1) is 0 Å². The summed E-state index contributed by atoms with van der Waals surface area (Å²) in [6.45, 7) is 6.14. The van der Waals surface area contributed by atoms with Crippen LogP contribution in [0.5, 0.6) is 0 Å². The minimum atomic E-state index is -3.49. The monoisotopic (exact) mass is 386 g/mol. The molecule has 2 aliphatic heterocycles. The lowest BCUT2D eigenvalue weighted by Gasteiger charge is -2.36. The Bertz CT molecular complexity index is 809. The van der Waals surface area contributed by atoms with Crippen LogP contribution in [0.15, 0.2) is 29.2 Å². The molecular weight excluding hydrogens is 360 g/mol. The van der Waals surface area contributed by atoms with Crippen LogP contribution in [-0.4, -0.2) is 69.8 Å². The Hall–Kier alpha value is -0.960. The molecule has 0 N–H and O–H groups in total. The van der Waals surface area contributed by atoms with E-state index in [1.165, 1.54) is 4.31 Å². The van der Waals surface area contributed by atoms with E-state index in [-0.39, 0.29) is 17.5 Å². The highest BCUT2D eigenvalue weighted by Gasteiger charge is 2.36. The van der Waals surface area contributed by atoms with Gasteiger partial charge in [-0.3, -0.25) is 4.90 Å². The van der Waals surface area contributed by atoms with Crippen molar-refractivity contribution in [2.45, 2.75) is 37.1 Å². The highest BCUT2D eigenvalue weighted by atomic mass is 32.2. The summed E-state index contributed by atoms with van der Waals surface area (Å²) in [6.07, 6.45) is 0.658. The van der Waals surface area contributed by atoms with Crippen LogP contribution in [0.1, 0.15) is 31.7 Å². The molecule has 2 heterocycles. The van der Waals surface area contributed by atoms with Crippen molar-refractivity contribution >= 4 is 19.9 Å². The first kappa shape index (κ1) is 18.8. The average Bonchev–Trinajstić information content (AvgIpc) is 2.95. The third-order valence-corrected chi connectivity index (χ3v) is 8.85. The zero-order valence-electron chi connectivity index (χ0n) is 14.8. The Balaban J connectivity index is 1.65. The molecule has 0 bridgehead atoms. The number of piperazine rings is 1. The van der Waals surface area contributed by atoms with Gasteiger partial charge in [-0.1, -0.05) is 26.0 Å². The molecule has 1 aromatic carbocycles. The van der Waals surface area contributed by atoms with Crippen molar-refractivity contribution in [1.29, 1.82) is 0 Å². The fraction of sp³-hybridized carbons (Fsp3) is 0.647. The van der Waals surface area contributed by atoms with Gasteiger partial charge in [0.2, 0.25) is 10.0 Å². The Kier molecular flexibility index (Phi) is 5.26. The molecule has 0 amide bonds. The van der Waals surface area contributed by atoms with Gasteiger partial charge in [0, 0.05) is 32.2 Å². The molecule has 0 aromatic heterocycles. The molecule has 140 valence electrons. The van der Waals surface area contributed by atoms with E-state index < -0.39 is 19.9 Å². The summed E-state index contributed by atoms with van der Waals surface area (Å²) < 4.78 is 50.4. The second kappa shape index (κ2) is 6.98. The van der Waals surface area contributed by atoms with Gasteiger partial charge in [0.15, 0.2) is 9.84 Å². The van der Waals surface area contributed by atoms with E-state index in [1.54, 1.807) is 12.1 Å². The Morgan fingerprint density at radius 1 is 1.04 bits per heavy atom. The molecule has 1 unspecified atom stereocenters. The van der Waals surface area contributed by atoms with Crippen LogP contribution in [-0.2, 0) is 19.9 Å². The second-order valence-corrected chi connectivity index (χ2v) is 11.4. The predicted octanol–water partition coefficient (Wildman–Crippen LogP) is 1.30. The van der Waals surface area contributed by atoms with Gasteiger partial charge in [0.1, 0.15) is 0 Å². The largest absolute Gasteiger partial charge is 0.297 e. The van der Waals surface area contributed by atoms with Crippen LogP contribution in [0.25, 0.3) is 0 Å². The lowest BCUT2D eigenvalue weighted by atomic mass is 10.0. The molecule has 6 nitrogen and oxygen atoms in total. The molecule has 1 atom stereocenters. The summed E-state index contributed by atoms with van der Waals surface area (Å²) in [4.78, 5) is 2.45. The molecule has 0 radical (unpaired) electrons. The molecule has 0 aliphatic carbocycles. The second-order valence-electron chi connectivity index (χ2n) is 7.22. The van der Waals surface area contributed by atoms with Crippen LogP contribution in [0.2, 0.25) is 0 Å². The van der Waals surface area contributed by atoms with Gasteiger partial charge in [-0.2, -0.15) is 4.31 Å². The Labute approximate surface area is 150 Å². The SMILES string of the molecule is CC(C)c1ccc(S(=O)(=O)N2CCN(C3CCS(=O)(=O)C3)CC2)cc1. The maximum Gasteiger partial charge on any atom is 0.243 e. The van der Waals surface area contributed by atoms with Gasteiger partial charge in [0.05, 0.1) is 16.4 Å². The van der Waals surface area contributed by atoms with Crippen molar-refractivity contribution in [2.75, 3.05) is 37.7 Å². The van der Waals surface area contributed by atoms with E-state index in [2.05, 4.69) is 18.7 Å². The van der Waals surface area contributed by atoms with Crippen molar-refractivity contribution in [3.63, 3.8) is 0 Å². The fourth-order valence-electron chi connectivity index (χ4n) is 3.55. The standard InChI is InChI=1S/C17H26N2O4S2/c1-14(2)15-3-5-17(6-4-15)25(22,23)19-10-8-18(9-11-19)16-7-12-24(20,21)13-16/h3-6,14,16H,7-13H2,1-2H3. The number of nitrogens with zero attached hydrogens (tertiary/aromatic N) is 2. The number of hydrogen-bond acceptors (Lipinski definition) is 5. The van der Waals surface area contributed by atoms with Crippen LogP contribution < -0.4 is 0 Å². The van der Waals surface area contributed by atoms with E-state index >= 15 is 0 Å². The molecule has 2 saturated heterocycles. The van der Waals surface area contributed by atoms with Gasteiger partial charge in [-0.25, -0.2) is 16.8 Å². The van der Waals surface area contributed by atoms with Crippen molar-refractivity contribution in [3.05, 3.63) is 29.8 Å². The van der Waals surface area contributed by atoms with Gasteiger partial charge >= 0.3 is 0 Å². The van der Waals surface area contributed by atoms with Crippen LogP contribution in [0.3, 0.4) is 0 Å². The Morgan fingerprint density at radius 3 is 2.12 bits per heavy atom. The number of hydrogen-bond donors (Lipinski definition) is 0. The average molecular weight is 387 g/mol. The highest BCUT2D eigenvalue weighted by Crippen LogP contribution is 2.23. The maximum absolute atomic E-state index is 12.8. The van der Waals surface area contributed by atoms with Crippen molar-refractivity contribution in [1.82, 2.24) is 9.21 Å². The molecule has 2 aliphatic rings. The first-order valence-corrected chi connectivity index (χ1v) is 12.0. The smallest absolute Gasteiger partial charge is 0.243 e. The van der Waals surface area contributed by atoms with Crippen molar-refractivity contribution < 1.29 is 16.8 Å². The minimum Gasteiger partial charge on any atom is -0.297 e. The molecule has 3 rings (SSSR count). The Morgan fingerprint density at radius 2 is 1.64 bits per heavy atom. The van der Waals surface area contributed by atoms with Gasteiger partial charge < -0.3 is 0 Å². The molecule has 0 spiro atoms. The highest BCUT2D eigenvalue weighted by molar-refractivity contribution is 7.91. The maximum atomic E-state index is 12.8. The van der Waals surface area contributed by atoms with Crippen LogP contribution >= 0.6 is 0 Å². The van der Waals surface area contributed by atoms with Gasteiger partial charge in [-0.05, 0) is 30.0 Å². The molecule has 8 heteroatoms. The number of benzene rings is 1. The lowest BCUT2D eigenvalue weighted by molar-refractivity contribution is 0.148. The van der Waals surface area contributed by atoms with Gasteiger partial charge in [0.25, 0.3) is 0 Å². The lowest BCUT2D eigenvalue weighted by Crippen LogP contribution is -2.52. The normalized spacial score (nSPS) is 25.5. The summed E-state index contributed by atoms with van der Waals surface area (Å²) in [7, 11) is -6.40.